The molecule has 0 atom stereocenters. The van der Waals surface area contributed by atoms with Crippen LogP contribution in [0.4, 0.5) is 5.69 Å². The monoisotopic (exact) mass is 336 g/mol. The molecule has 0 saturated carbocycles. The summed E-state index contributed by atoms with van der Waals surface area (Å²) < 4.78 is 2.00. The van der Waals surface area contributed by atoms with E-state index in [4.69, 9.17) is 0 Å². The average Bonchev–Trinajstić information content (AvgIpc) is 3.07. The molecule has 0 unspecified atom stereocenters. The van der Waals surface area contributed by atoms with Crippen LogP contribution in [0.3, 0.4) is 0 Å². The van der Waals surface area contributed by atoms with Crippen molar-refractivity contribution in [2.75, 3.05) is 31.1 Å². The van der Waals surface area contributed by atoms with Gasteiger partial charge in [-0.25, -0.2) is 0 Å². The summed E-state index contributed by atoms with van der Waals surface area (Å²) in [5, 5.41) is 0. The molecule has 3 aromatic heterocycles. The molecule has 25 heavy (non-hydrogen) atoms. The lowest BCUT2D eigenvalue weighted by molar-refractivity contribution is 0.0747. The largest absolute Gasteiger partial charge is 0.368 e. The van der Waals surface area contributed by atoms with E-state index in [-0.39, 0.29) is 11.5 Å². The van der Waals surface area contributed by atoms with Gasteiger partial charge < -0.3 is 19.2 Å². The van der Waals surface area contributed by atoms with Crippen LogP contribution in [0.2, 0.25) is 0 Å². The number of aromatic nitrogens is 2. The molecule has 1 amide bonds. The highest BCUT2D eigenvalue weighted by atomic mass is 16.2. The molecule has 0 spiro atoms. The van der Waals surface area contributed by atoms with Gasteiger partial charge in [0.2, 0.25) is 5.56 Å². The number of anilines is 1. The fourth-order valence-corrected chi connectivity index (χ4v) is 3.38. The summed E-state index contributed by atoms with van der Waals surface area (Å²) in [6.45, 7) is 4.79. The summed E-state index contributed by atoms with van der Waals surface area (Å²) in [5.74, 6) is 0.0636. The number of carbonyl (C=O) groups is 1. The van der Waals surface area contributed by atoms with Gasteiger partial charge in [0.15, 0.2) is 0 Å². The molecule has 6 nitrogen and oxygen atoms in total. The number of amides is 1. The molecule has 4 rings (SSSR count). The molecule has 0 aliphatic carbocycles. The number of hydrogen-bond donors (Lipinski definition) is 1. The average molecular weight is 336 g/mol. The van der Waals surface area contributed by atoms with E-state index in [1.165, 1.54) is 0 Å². The second-order valence-corrected chi connectivity index (χ2v) is 6.40. The summed E-state index contributed by atoms with van der Waals surface area (Å²) in [6, 6.07) is 9.48. The Morgan fingerprint density at radius 1 is 1.12 bits per heavy atom. The van der Waals surface area contributed by atoms with Crippen LogP contribution in [0.1, 0.15) is 15.9 Å². The lowest BCUT2D eigenvalue weighted by atomic mass is 10.2. The minimum absolute atomic E-state index is 0.0636. The maximum absolute atomic E-state index is 12.8. The highest BCUT2D eigenvalue weighted by molar-refractivity contribution is 5.96. The number of piperazine rings is 1. The number of hydrogen-bond acceptors (Lipinski definition) is 3. The van der Waals surface area contributed by atoms with Gasteiger partial charge in [-0.2, -0.15) is 0 Å². The van der Waals surface area contributed by atoms with Crippen LogP contribution in [-0.2, 0) is 0 Å². The zero-order valence-corrected chi connectivity index (χ0v) is 14.1. The van der Waals surface area contributed by atoms with E-state index in [2.05, 4.69) is 9.88 Å². The van der Waals surface area contributed by atoms with Crippen molar-refractivity contribution < 1.29 is 4.79 Å². The topological polar surface area (TPSA) is 60.8 Å². The fraction of sp³-hybridized carbons (Fsp3) is 0.263. The molecule has 1 aliphatic heterocycles. The van der Waals surface area contributed by atoms with Crippen molar-refractivity contribution >= 4 is 17.1 Å². The van der Waals surface area contributed by atoms with Crippen LogP contribution in [-0.4, -0.2) is 46.4 Å². The van der Waals surface area contributed by atoms with E-state index < -0.39 is 0 Å². The summed E-state index contributed by atoms with van der Waals surface area (Å²) in [4.78, 5) is 30.9. The molecule has 0 radical (unpaired) electrons. The predicted molar refractivity (Wildman–Crippen MR) is 97.3 cm³/mol. The standard InChI is InChI=1S/C19H20N4O2/c1-14-3-2-6-23-13-15(11-17(14)23)19(25)22-9-7-21(8-10-22)16-4-5-20-18(24)12-16/h2-6,11-13H,7-10H2,1H3,(H,20,24). The number of rotatable bonds is 2. The SMILES string of the molecule is Cc1cccn2cc(C(=O)N3CCN(c4cc[nH]c(=O)c4)CC3)cc12. The minimum Gasteiger partial charge on any atom is -0.368 e. The number of pyridine rings is 2. The molecule has 1 saturated heterocycles. The second-order valence-electron chi connectivity index (χ2n) is 6.40. The third-order valence-corrected chi connectivity index (χ3v) is 4.78. The van der Waals surface area contributed by atoms with E-state index >= 15 is 0 Å². The number of carbonyl (C=O) groups excluding carboxylic acids is 1. The van der Waals surface area contributed by atoms with E-state index in [1.54, 1.807) is 12.3 Å². The van der Waals surface area contributed by atoms with Crippen molar-refractivity contribution in [2.45, 2.75) is 6.92 Å². The summed E-state index contributed by atoms with van der Waals surface area (Å²) in [5.41, 5.74) is 3.74. The Kier molecular flexibility index (Phi) is 3.80. The third kappa shape index (κ3) is 2.91. The first-order valence-corrected chi connectivity index (χ1v) is 8.42. The first-order valence-electron chi connectivity index (χ1n) is 8.42. The Morgan fingerprint density at radius 2 is 1.92 bits per heavy atom. The van der Waals surface area contributed by atoms with Crippen LogP contribution in [0.25, 0.3) is 5.52 Å². The van der Waals surface area contributed by atoms with E-state index in [1.807, 2.05) is 52.9 Å². The van der Waals surface area contributed by atoms with Gasteiger partial charge in [0.05, 0.1) is 5.56 Å². The maximum atomic E-state index is 12.8. The molecule has 0 aromatic carbocycles. The van der Waals surface area contributed by atoms with E-state index in [0.29, 0.717) is 13.1 Å². The van der Waals surface area contributed by atoms with Crippen molar-refractivity contribution in [1.82, 2.24) is 14.3 Å². The Hall–Kier alpha value is -3.02. The van der Waals surface area contributed by atoms with Gasteiger partial charge in [-0.15, -0.1) is 0 Å². The number of fused-ring (bicyclic) bond motifs is 1. The molecule has 6 heteroatoms. The molecule has 1 fully saturated rings. The van der Waals surface area contributed by atoms with Gasteiger partial charge in [0, 0.05) is 62.0 Å². The number of aryl methyl sites for hydroxylation is 1. The minimum atomic E-state index is -0.105. The summed E-state index contributed by atoms with van der Waals surface area (Å²) in [6.07, 6.45) is 5.52. The van der Waals surface area contributed by atoms with Gasteiger partial charge in [0.25, 0.3) is 5.91 Å². The number of aromatic amines is 1. The molecule has 1 N–H and O–H groups in total. The van der Waals surface area contributed by atoms with E-state index in [0.717, 1.165) is 35.4 Å². The first-order chi connectivity index (χ1) is 12.1. The van der Waals surface area contributed by atoms with Gasteiger partial charge in [-0.3, -0.25) is 9.59 Å². The highest BCUT2D eigenvalue weighted by Gasteiger charge is 2.23. The molecular weight excluding hydrogens is 316 g/mol. The van der Waals surface area contributed by atoms with Crippen LogP contribution in [0, 0.1) is 6.92 Å². The lowest BCUT2D eigenvalue weighted by Gasteiger charge is -2.35. The smallest absolute Gasteiger partial charge is 0.255 e. The normalized spacial score (nSPS) is 14.9. The molecule has 1 aliphatic rings. The van der Waals surface area contributed by atoms with Gasteiger partial charge in [-0.1, -0.05) is 6.07 Å². The van der Waals surface area contributed by atoms with Crippen molar-refractivity contribution in [3.8, 4) is 0 Å². The van der Waals surface area contributed by atoms with Crippen LogP contribution < -0.4 is 10.5 Å². The molecular formula is C19H20N4O2. The summed E-state index contributed by atoms with van der Waals surface area (Å²) >= 11 is 0. The molecule has 3 aromatic rings. The maximum Gasteiger partial charge on any atom is 0.255 e. The first kappa shape index (κ1) is 15.5. The Labute approximate surface area is 145 Å². The van der Waals surface area contributed by atoms with Gasteiger partial charge in [0.1, 0.15) is 0 Å². The number of nitrogens with zero attached hydrogens (tertiary/aromatic N) is 3. The van der Waals surface area contributed by atoms with Crippen molar-refractivity contribution in [2.24, 2.45) is 0 Å². The zero-order chi connectivity index (χ0) is 17.4. The van der Waals surface area contributed by atoms with Crippen molar-refractivity contribution in [3.63, 3.8) is 0 Å². The molecule has 4 heterocycles. The quantitative estimate of drug-likeness (QED) is 0.777. The van der Waals surface area contributed by atoms with Crippen LogP contribution in [0.15, 0.2) is 53.7 Å². The van der Waals surface area contributed by atoms with Crippen molar-refractivity contribution in [1.29, 1.82) is 0 Å². The Balaban J connectivity index is 1.49. The second kappa shape index (κ2) is 6.12. The van der Waals surface area contributed by atoms with Crippen LogP contribution in [0.5, 0.6) is 0 Å². The Morgan fingerprint density at radius 3 is 2.64 bits per heavy atom. The number of nitrogens with one attached hydrogen (secondary N) is 1. The molecule has 0 bridgehead atoms. The molecule has 128 valence electrons. The zero-order valence-electron chi connectivity index (χ0n) is 14.1. The van der Waals surface area contributed by atoms with Gasteiger partial charge in [-0.05, 0) is 30.7 Å². The van der Waals surface area contributed by atoms with Gasteiger partial charge >= 0.3 is 0 Å². The Bertz CT molecular complexity index is 980. The highest BCUT2D eigenvalue weighted by Crippen LogP contribution is 2.18. The van der Waals surface area contributed by atoms with Crippen molar-refractivity contribution in [3.05, 3.63) is 70.4 Å². The van der Waals surface area contributed by atoms with Crippen LogP contribution >= 0.6 is 0 Å². The fourth-order valence-electron chi connectivity index (χ4n) is 3.38. The number of H-pyrrole nitrogens is 1. The lowest BCUT2D eigenvalue weighted by Crippen LogP contribution is -2.48. The third-order valence-electron chi connectivity index (χ3n) is 4.78. The predicted octanol–water partition coefficient (Wildman–Crippen LogP) is 1.90. The summed E-state index contributed by atoms with van der Waals surface area (Å²) in [7, 11) is 0. The van der Waals surface area contributed by atoms with E-state index in [9.17, 15) is 9.59 Å².